The van der Waals surface area contributed by atoms with Gasteiger partial charge in [-0.05, 0) is 25.7 Å². The molecule has 0 aromatic carbocycles. The highest BCUT2D eigenvalue weighted by molar-refractivity contribution is 7.89. The standard InChI is InChI=1S/C11H23NO5S2/c1-3-9-18(13,14)12(11-5-6-11)7-8-17-19(15,16)10-4-2/h11H,3-10H2,1-2H3. The van der Waals surface area contributed by atoms with E-state index in [9.17, 15) is 16.8 Å². The van der Waals surface area contributed by atoms with Crippen LogP contribution in [0.5, 0.6) is 0 Å². The van der Waals surface area contributed by atoms with Crippen LogP contribution in [0.4, 0.5) is 0 Å². The van der Waals surface area contributed by atoms with Gasteiger partial charge >= 0.3 is 0 Å². The van der Waals surface area contributed by atoms with Crippen LogP contribution in [0.25, 0.3) is 0 Å². The Morgan fingerprint density at radius 1 is 1.05 bits per heavy atom. The average Bonchev–Trinajstić information content (AvgIpc) is 3.07. The summed E-state index contributed by atoms with van der Waals surface area (Å²) >= 11 is 0. The predicted molar refractivity (Wildman–Crippen MR) is 73.8 cm³/mol. The molecule has 0 amide bonds. The minimum absolute atomic E-state index is 0.0296. The van der Waals surface area contributed by atoms with Gasteiger partial charge in [-0.25, -0.2) is 8.42 Å². The first-order valence-corrected chi connectivity index (χ1v) is 9.87. The van der Waals surface area contributed by atoms with Gasteiger partial charge < -0.3 is 0 Å². The molecule has 19 heavy (non-hydrogen) atoms. The molecule has 0 heterocycles. The van der Waals surface area contributed by atoms with E-state index in [-0.39, 0.29) is 30.7 Å². The Kier molecular flexibility index (Phi) is 6.22. The average molecular weight is 313 g/mol. The Hall–Kier alpha value is -0.180. The molecule has 1 aliphatic carbocycles. The molecule has 0 N–H and O–H groups in total. The highest BCUT2D eigenvalue weighted by Crippen LogP contribution is 2.29. The molecular formula is C11H23NO5S2. The van der Waals surface area contributed by atoms with E-state index in [4.69, 9.17) is 4.18 Å². The molecule has 0 aromatic rings. The van der Waals surface area contributed by atoms with Crippen LogP contribution in [-0.2, 0) is 24.3 Å². The Bertz CT molecular complexity index is 467. The SMILES string of the molecule is CCCS(=O)(=O)OCCN(C1CC1)S(=O)(=O)CCC. The van der Waals surface area contributed by atoms with Crippen LogP contribution in [0.1, 0.15) is 39.5 Å². The molecule has 0 unspecified atom stereocenters. The largest absolute Gasteiger partial charge is 0.269 e. The van der Waals surface area contributed by atoms with Crippen LogP contribution in [0.3, 0.4) is 0 Å². The van der Waals surface area contributed by atoms with Crippen LogP contribution in [0.2, 0.25) is 0 Å². The molecule has 8 heteroatoms. The Balaban J connectivity index is 2.52. The van der Waals surface area contributed by atoms with Gasteiger partial charge in [-0.15, -0.1) is 0 Å². The zero-order chi connectivity index (χ0) is 14.5. The Labute approximate surface area is 116 Å². The monoisotopic (exact) mass is 313 g/mol. The molecule has 1 saturated carbocycles. The normalized spacial score (nSPS) is 17.0. The van der Waals surface area contributed by atoms with Gasteiger partial charge in [0.05, 0.1) is 18.1 Å². The van der Waals surface area contributed by atoms with Gasteiger partial charge in [-0.3, -0.25) is 4.18 Å². The van der Waals surface area contributed by atoms with Crippen molar-refractivity contribution in [3.63, 3.8) is 0 Å². The van der Waals surface area contributed by atoms with Crippen molar-refractivity contribution in [1.82, 2.24) is 4.31 Å². The maximum Gasteiger partial charge on any atom is 0.267 e. The molecule has 0 bridgehead atoms. The van der Waals surface area contributed by atoms with E-state index in [2.05, 4.69) is 0 Å². The zero-order valence-electron chi connectivity index (χ0n) is 11.5. The molecule has 0 saturated heterocycles. The van der Waals surface area contributed by atoms with E-state index >= 15 is 0 Å². The van der Waals surface area contributed by atoms with E-state index in [0.717, 1.165) is 12.8 Å². The zero-order valence-corrected chi connectivity index (χ0v) is 13.2. The lowest BCUT2D eigenvalue weighted by Crippen LogP contribution is -2.37. The van der Waals surface area contributed by atoms with Crippen LogP contribution >= 0.6 is 0 Å². The van der Waals surface area contributed by atoms with Crippen molar-refractivity contribution in [3.05, 3.63) is 0 Å². The van der Waals surface area contributed by atoms with E-state index in [1.54, 1.807) is 6.92 Å². The maximum absolute atomic E-state index is 12.0. The minimum atomic E-state index is -3.51. The van der Waals surface area contributed by atoms with Gasteiger partial charge in [0.25, 0.3) is 10.1 Å². The van der Waals surface area contributed by atoms with E-state index in [0.29, 0.717) is 12.8 Å². The molecule has 1 fully saturated rings. The third kappa shape index (κ3) is 5.76. The topological polar surface area (TPSA) is 80.8 Å². The number of rotatable bonds is 10. The van der Waals surface area contributed by atoms with Crippen molar-refractivity contribution in [2.24, 2.45) is 0 Å². The molecule has 0 radical (unpaired) electrons. The summed E-state index contributed by atoms with van der Waals surface area (Å²) in [6, 6.07) is 0.0361. The molecule has 0 spiro atoms. The highest BCUT2D eigenvalue weighted by atomic mass is 32.2. The summed E-state index contributed by atoms with van der Waals surface area (Å²) in [5.41, 5.74) is 0. The molecule has 0 aromatic heterocycles. The van der Waals surface area contributed by atoms with Crippen molar-refractivity contribution in [2.45, 2.75) is 45.6 Å². The van der Waals surface area contributed by atoms with Gasteiger partial charge in [0, 0.05) is 12.6 Å². The fraction of sp³-hybridized carbons (Fsp3) is 1.00. The molecule has 114 valence electrons. The maximum atomic E-state index is 12.0. The predicted octanol–water partition coefficient (Wildman–Crippen LogP) is 0.947. The summed E-state index contributed by atoms with van der Waals surface area (Å²) in [5, 5.41) is 0. The lowest BCUT2D eigenvalue weighted by atomic mass is 10.6. The van der Waals surface area contributed by atoms with E-state index in [1.165, 1.54) is 4.31 Å². The summed E-state index contributed by atoms with van der Waals surface area (Å²) in [6.45, 7) is 3.59. The highest BCUT2D eigenvalue weighted by Gasteiger charge is 2.36. The first kappa shape index (κ1) is 16.9. The smallest absolute Gasteiger partial charge is 0.267 e. The lowest BCUT2D eigenvalue weighted by Gasteiger charge is -2.21. The summed E-state index contributed by atoms with van der Waals surface area (Å²) in [7, 11) is -6.79. The summed E-state index contributed by atoms with van der Waals surface area (Å²) in [4.78, 5) is 0. The quantitative estimate of drug-likeness (QED) is 0.561. The van der Waals surface area contributed by atoms with Gasteiger partial charge in [-0.2, -0.15) is 12.7 Å². The van der Waals surface area contributed by atoms with E-state index in [1.807, 2.05) is 6.92 Å². The number of sulfonamides is 1. The van der Waals surface area contributed by atoms with Crippen molar-refractivity contribution >= 4 is 20.1 Å². The lowest BCUT2D eigenvalue weighted by molar-refractivity contribution is 0.272. The minimum Gasteiger partial charge on any atom is -0.269 e. The van der Waals surface area contributed by atoms with Crippen molar-refractivity contribution in [1.29, 1.82) is 0 Å². The second-order valence-corrected chi connectivity index (χ2v) is 8.54. The second-order valence-electron chi connectivity index (χ2n) is 4.74. The summed E-state index contributed by atoms with van der Waals surface area (Å²) in [6.07, 6.45) is 2.75. The fourth-order valence-corrected chi connectivity index (χ4v) is 4.56. The third-order valence-corrected chi connectivity index (χ3v) is 6.36. The molecular weight excluding hydrogens is 290 g/mol. The second kappa shape index (κ2) is 7.01. The molecule has 0 atom stereocenters. The molecule has 6 nitrogen and oxygen atoms in total. The van der Waals surface area contributed by atoms with Crippen LogP contribution in [0.15, 0.2) is 0 Å². The summed E-state index contributed by atoms with van der Waals surface area (Å²) < 4.78 is 53.0. The summed E-state index contributed by atoms with van der Waals surface area (Å²) in [5.74, 6) is 0.0728. The van der Waals surface area contributed by atoms with Crippen molar-refractivity contribution in [3.8, 4) is 0 Å². The Morgan fingerprint density at radius 2 is 1.63 bits per heavy atom. The van der Waals surface area contributed by atoms with Crippen molar-refractivity contribution < 1.29 is 21.0 Å². The van der Waals surface area contributed by atoms with E-state index < -0.39 is 20.1 Å². The third-order valence-electron chi connectivity index (χ3n) is 2.80. The first-order chi connectivity index (χ1) is 8.82. The fourth-order valence-electron chi connectivity index (χ4n) is 1.85. The Morgan fingerprint density at radius 3 is 2.11 bits per heavy atom. The van der Waals surface area contributed by atoms with Gasteiger partial charge in [0.15, 0.2) is 0 Å². The first-order valence-electron chi connectivity index (χ1n) is 6.69. The van der Waals surface area contributed by atoms with Gasteiger partial charge in [0.1, 0.15) is 0 Å². The number of hydrogen-bond donors (Lipinski definition) is 0. The number of hydrogen-bond acceptors (Lipinski definition) is 5. The van der Waals surface area contributed by atoms with Gasteiger partial charge in [0.2, 0.25) is 10.0 Å². The van der Waals surface area contributed by atoms with Crippen LogP contribution in [0, 0.1) is 0 Å². The van der Waals surface area contributed by atoms with Crippen LogP contribution < -0.4 is 0 Å². The van der Waals surface area contributed by atoms with Crippen molar-refractivity contribution in [2.75, 3.05) is 24.7 Å². The number of nitrogens with zero attached hydrogens (tertiary/aromatic N) is 1. The van der Waals surface area contributed by atoms with Gasteiger partial charge in [-0.1, -0.05) is 13.8 Å². The molecule has 1 rings (SSSR count). The van der Waals surface area contributed by atoms with Crippen LogP contribution in [-0.4, -0.2) is 51.8 Å². The molecule has 1 aliphatic rings. The molecule has 0 aliphatic heterocycles.